The minimum absolute atomic E-state index is 0.660. The second-order valence-corrected chi connectivity index (χ2v) is 6.99. The van der Waals surface area contributed by atoms with E-state index in [1.807, 2.05) is 0 Å². The second-order valence-electron chi connectivity index (χ2n) is 5.50. The number of rotatable bonds is 6. The molecule has 4 unspecified atom stereocenters. The number of hydrogen-bond acceptors (Lipinski definition) is 3. The van der Waals surface area contributed by atoms with Gasteiger partial charge in [0.15, 0.2) is 0 Å². The van der Waals surface area contributed by atoms with E-state index in [1.54, 1.807) is 0 Å². The Kier molecular flexibility index (Phi) is 6.90. The summed E-state index contributed by atoms with van der Waals surface area (Å²) in [6.07, 6.45) is 2.56. The van der Waals surface area contributed by atoms with E-state index >= 15 is 0 Å². The Hall–Kier alpha value is 0.270. The van der Waals surface area contributed by atoms with Gasteiger partial charge in [-0.1, -0.05) is 20.3 Å². The molecular weight excluding hydrogens is 228 g/mol. The highest BCUT2D eigenvalue weighted by molar-refractivity contribution is 8.00. The van der Waals surface area contributed by atoms with Crippen molar-refractivity contribution in [3.05, 3.63) is 0 Å². The Morgan fingerprint density at radius 1 is 1.35 bits per heavy atom. The lowest BCUT2D eigenvalue weighted by molar-refractivity contribution is 0.152. The van der Waals surface area contributed by atoms with Crippen molar-refractivity contribution in [2.24, 2.45) is 0 Å². The zero-order valence-electron chi connectivity index (χ0n) is 12.2. The first-order valence-electron chi connectivity index (χ1n) is 7.17. The van der Waals surface area contributed by atoms with E-state index in [0.29, 0.717) is 18.1 Å². The van der Waals surface area contributed by atoms with Crippen LogP contribution in [0.15, 0.2) is 0 Å². The van der Waals surface area contributed by atoms with Crippen molar-refractivity contribution in [2.75, 3.05) is 18.8 Å². The highest BCUT2D eigenvalue weighted by Gasteiger charge is 2.28. The molecule has 0 spiro atoms. The maximum absolute atomic E-state index is 3.67. The first-order valence-corrected chi connectivity index (χ1v) is 8.21. The van der Waals surface area contributed by atoms with E-state index in [4.69, 9.17) is 0 Å². The van der Waals surface area contributed by atoms with Crippen LogP contribution < -0.4 is 5.32 Å². The van der Waals surface area contributed by atoms with Crippen molar-refractivity contribution in [1.29, 1.82) is 0 Å². The molecule has 0 saturated carbocycles. The van der Waals surface area contributed by atoms with Crippen LogP contribution in [0.4, 0.5) is 0 Å². The van der Waals surface area contributed by atoms with Gasteiger partial charge >= 0.3 is 0 Å². The molecule has 2 nitrogen and oxygen atoms in total. The van der Waals surface area contributed by atoms with Crippen molar-refractivity contribution < 1.29 is 0 Å². The topological polar surface area (TPSA) is 15.3 Å². The van der Waals surface area contributed by atoms with Gasteiger partial charge in [-0.25, -0.2) is 0 Å². The van der Waals surface area contributed by atoms with Crippen LogP contribution in [0.5, 0.6) is 0 Å². The van der Waals surface area contributed by atoms with Crippen LogP contribution in [0.1, 0.15) is 47.5 Å². The van der Waals surface area contributed by atoms with E-state index in [0.717, 1.165) is 11.8 Å². The van der Waals surface area contributed by atoms with Gasteiger partial charge in [0.2, 0.25) is 0 Å². The molecule has 0 amide bonds. The molecule has 0 aromatic heterocycles. The summed E-state index contributed by atoms with van der Waals surface area (Å²) in [7, 11) is 0. The van der Waals surface area contributed by atoms with Crippen LogP contribution in [0.2, 0.25) is 0 Å². The standard InChI is InChI=1S/C14H30N2S/c1-6-7-11(2)15-10-12(3)16-8-9-17-14(5)13(16)4/h11-15H,6-10H2,1-5H3. The predicted octanol–water partition coefficient (Wildman–Crippen LogP) is 2.98. The molecule has 1 rings (SSSR count). The molecule has 1 aliphatic heterocycles. The van der Waals surface area contributed by atoms with Crippen LogP contribution in [0.3, 0.4) is 0 Å². The summed E-state index contributed by atoms with van der Waals surface area (Å²) in [4.78, 5) is 2.67. The highest BCUT2D eigenvalue weighted by atomic mass is 32.2. The van der Waals surface area contributed by atoms with E-state index in [-0.39, 0.29) is 0 Å². The summed E-state index contributed by atoms with van der Waals surface area (Å²) in [5.74, 6) is 1.29. The molecule has 0 bridgehead atoms. The lowest BCUT2D eigenvalue weighted by Crippen LogP contribution is -2.52. The number of nitrogens with one attached hydrogen (secondary N) is 1. The van der Waals surface area contributed by atoms with E-state index in [9.17, 15) is 0 Å². The highest BCUT2D eigenvalue weighted by Crippen LogP contribution is 2.25. The summed E-state index contributed by atoms with van der Waals surface area (Å²) in [5.41, 5.74) is 0. The van der Waals surface area contributed by atoms with Gasteiger partial charge in [-0.3, -0.25) is 4.90 Å². The van der Waals surface area contributed by atoms with Crippen molar-refractivity contribution in [2.45, 2.75) is 70.8 Å². The Bertz CT molecular complexity index is 210. The van der Waals surface area contributed by atoms with Gasteiger partial charge in [-0.2, -0.15) is 11.8 Å². The minimum Gasteiger partial charge on any atom is -0.313 e. The molecule has 0 aromatic carbocycles. The van der Waals surface area contributed by atoms with Crippen LogP contribution >= 0.6 is 11.8 Å². The molecular formula is C14H30N2S. The summed E-state index contributed by atoms with van der Waals surface area (Å²) >= 11 is 2.12. The number of hydrogen-bond donors (Lipinski definition) is 1. The Balaban J connectivity index is 2.33. The molecule has 1 fully saturated rings. The minimum atomic E-state index is 0.660. The molecule has 0 radical (unpaired) electrons. The summed E-state index contributed by atoms with van der Waals surface area (Å²) in [6.45, 7) is 14.0. The van der Waals surface area contributed by atoms with Gasteiger partial charge in [-0.05, 0) is 27.2 Å². The lowest BCUT2D eigenvalue weighted by atomic mass is 10.1. The molecule has 17 heavy (non-hydrogen) atoms. The quantitative estimate of drug-likeness (QED) is 0.788. The largest absolute Gasteiger partial charge is 0.313 e. The van der Waals surface area contributed by atoms with E-state index in [2.05, 4.69) is 56.6 Å². The maximum Gasteiger partial charge on any atom is 0.0196 e. The molecule has 0 aliphatic carbocycles. The van der Waals surface area contributed by atoms with E-state index in [1.165, 1.54) is 25.1 Å². The van der Waals surface area contributed by atoms with Gasteiger partial charge in [0, 0.05) is 42.2 Å². The van der Waals surface area contributed by atoms with Gasteiger partial charge < -0.3 is 5.32 Å². The third-order valence-corrected chi connectivity index (χ3v) is 5.32. The van der Waals surface area contributed by atoms with Crippen LogP contribution in [0, 0.1) is 0 Å². The maximum atomic E-state index is 3.67. The SMILES string of the molecule is CCCC(C)NCC(C)N1CCSC(C)C1C. The zero-order valence-corrected chi connectivity index (χ0v) is 13.0. The monoisotopic (exact) mass is 258 g/mol. The van der Waals surface area contributed by atoms with Crippen LogP contribution in [0.25, 0.3) is 0 Å². The molecule has 102 valence electrons. The third-order valence-electron chi connectivity index (χ3n) is 3.98. The molecule has 1 saturated heterocycles. The smallest absolute Gasteiger partial charge is 0.0196 e. The molecule has 4 atom stereocenters. The Morgan fingerprint density at radius 3 is 2.71 bits per heavy atom. The zero-order chi connectivity index (χ0) is 12.8. The van der Waals surface area contributed by atoms with Crippen LogP contribution in [-0.4, -0.2) is 47.1 Å². The number of nitrogens with zero attached hydrogens (tertiary/aromatic N) is 1. The first-order chi connectivity index (χ1) is 8.06. The first kappa shape index (κ1) is 15.3. The normalized spacial score (nSPS) is 30.2. The van der Waals surface area contributed by atoms with Gasteiger partial charge in [0.05, 0.1) is 0 Å². The third kappa shape index (κ3) is 4.80. The van der Waals surface area contributed by atoms with E-state index < -0.39 is 0 Å². The summed E-state index contributed by atoms with van der Waals surface area (Å²) in [6, 6.07) is 2.04. The van der Waals surface area contributed by atoms with Crippen molar-refractivity contribution >= 4 is 11.8 Å². The molecule has 1 aliphatic rings. The van der Waals surface area contributed by atoms with Crippen LogP contribution in [-0.2, 0) is 0 Å². The second kappa shape index (κ2) is 7.65. The van der Waals surface area contributed by atoms with Crippen molar-refractivity contribution in [1.82, 2.24) is 10.2 Å². The van der Waals surface area contributed by atoms with Gasteiger partial charge in [-0.15, -0.1) is 0 Å². The summed E-state index contributed by atoms with van der Waals surface area (Å²) < 4.78 is 0. The average Bonchev–Trinajstić information content (AvgIpc) is 2.30. The van der Waals surface area contributed by atoms with Gasteiger partial charge in [0.1, 0.15) is 0 Å². The fraction of sp³-hybridized carbons (Fsp3) is 1.00. The van der Waals surface area contributed by atoms with Crippen molar-refractivity contribution in [3.63, 3.8) is 0 Å². The Morgan fingerprint density at radius 2 is 2.06 bits per heavy atom. The molecule has 1 heterocycles. The average molecular weight is 258 g/mol. The predicted molar refractivity (Wildman–Crippen MR) is 79.9 cm³/mol. The van der Waals surface area contributed by atoms with Crippen molar-refractivity contribution in [3.8, 4) is 0 Å². The summed E-state index contributed by atoms with van der Waals surface area (Å²) in [5, 5.41) is 4.44. The molecule has 0 aromatic rings. The molecule has 1 N–H and O–H groups in total. The number of thioether (sulfide) groups is 1. The lowest BCUT2D eigenvalue weighted by Gasteiger charge is -2.41. The molecule has 3 heteroatoms. The Labute approximate surface area is 112 Å². The fourth-order valence-electron chi connectivity index (χ4n) is 2.60. The van der Waals surface area contributed by atoms with Gasteiger partial charge in [0.25, 0.3) is 0 Å². The fourth-order valence-corrected chi connectivity index (χ4v) is 3.73.